The van der Waals surface area contributed by atoms with Gasteiger partial charge < -0.3 is 14.8 Å². The number of benzene rings is 3. The third-order valence-electron chi connectivity index (χ3n) is 4.38. The van der Waals surface area contributed by atoms with Crippen LogP contribution in [0.5, 0.6) is 11.5 Å². The molecule has 0 unspecified atom stereocenters. The first kappa shape index (κ1) is 18.8. The lowest BCUT2D eigenvalue weighted by Crippen LogP contribution is -2.25. The van der Waals surface area contributed by atoms with E-state index in [1.807, 2.05) is 0 Å². The topological polar surface area (TPSA) is 47.6 Å². The zero-order chi connectivity index (χ0) is 20.8. The van der Waals surface area contributed by atoms with Gasteiger partial charge in [0.05, 0.1) is 5.56 Å². The Labute approximate surface area is 162 Å². The minimum atomic E-state index is -3.77. The molecule has 8 heteroatoms. The van der Waals surface area contributed by atoms with Crippen molar-refractivity contribution < 1.29 is 31.8 Å². The lowest BCUT2D eigenvalue weighted by Gasteiger charge is -2.11. The molecule has 4 rings (SSSR count). The maximum atomic E-state index is 14.7. The summed E-state index contributed by atoms with van der Waals surface area (Å²) in [5.41, 5.74) is 0.878. The van der Waals surface area contributed by atoms with Crippen molar-refractivity contribution in [1.82, 2.24) is 0 Å². The fourth-order valence-electron chi connectivity index (χ4n) is 3.04. The van der Waals surface area contributed by atoms with Crippen molar-refractivity contribution in [2.24, 2.45) is 0 Å². The van der Waals surface area contributed by atoms with E-state index in [0.717, 1.165) is 12.1 Å². The predicted molar refractivity (Wildman–Crippen MR) is 97.1 cm³/mol. The van der Waals surface area contributed by atoms with E-state index in [0.29, 0.717) is 11.1 Å². The average Bonchev–Trinajstić information content (AvgIpc) is 2.94. The van der Waals surface area contributed by atoms with E-state index in [1.165, 1.54) is 42.5 Å². The zero-order valence-electron chi connectivity index (χ0n) is 14.9. The summed E-state index contributed by atoms with van der Waals surface area (Å²) in [7, 11) is 0. The molecule has 148 valence electrons. The molecule has 0 radical (unpaired) electrons. The van der Waals surface area contributed by atoms with Gasteiger partial charge in [0.15, 0.2) is 11.5 Å². The van der Waals surface area contributed by atoms with Crippen molar-refractivity contribution in [2.45, 2.75) is 13.2 Å². The summed E-state index contributed by atoms with van der Waals surface area (Å²) >= 11 is 0. The van der Waals surface area contributed by atoms with E-state index in [4.69, 9.17) is 0 Å². The number of aryl methyl sites for hydroxylation is 1. The molecule has 0 saturated carbocycles. The van der Waals surface area contributed by atoms with E-state index in [9.17, 15) is 22.4 Å². The Balaban J connectivity index is 1.62. The highest BCUT2D eigenvalue weighted by molar-refractivity contribution is 6.04. The molecule has 1 aliphatic heterocycles. The van der Waals surface area contributed by atoms with Gasteiger partial charge in [-0.25, -0.2) is 8.78 Å². The first-order chi connectivity index (χ1) is 13.7. The number of fused-ring (bicyclic) bond motifs is 1. The van der Waals surface area contributed by atoms with Crippen molar-refractivity contribution in [3.8, 4) is 22.6 Å². The summed E-state index contributed by atoms with van der Waals surface area (Å²) in [6.07, 6.45) is -3.77. The molecule has 1 N–H and O–H groups in total. The molecule has 1 aliphatic rings. The quantitative estimate of drug-likeness (QED) is 0.587. The summed E-state index contributed by atoms with van der Waals surface area (Å²) in [6, 6.07) is 11.9. The van der Waals surface area contributed by atoms with Crippen LogP contribution < -0.4 is 14.8 Å². The Morgan fingerprint density at radius 3 is 2.28 bits per heavy atom. The fraction of sp³-hybridized carbons (Fsp3) is 0.0952. The lowest BCUT2D eigenvalue weighted by molar-refractivity contribution is -0.286. The van der Waals surface area contributed by atoms with Gasteiger partial charge in [-0.3, -0.25) is 4.79 Å². The van der Waals surface area contributed by atoms with Crippen LogP contribution in [0.25, 0.3) is 11.1 Å². The molecule has 0 bridgehead atoms. The summed E-state index contributed by atoms with van der Waals surface area (Å²) in [5, 5.41) is 2.42. The van der Waals surface area contributed by atoms with Gasteiger partial charge in [-0.1, -0.05) is 12.1 Å². The number of ether oxygens (including phenoxy) is 2. The third-order valence-corrected chi connectivity index (χ3v) is 4.38. The van der Waals surface area contributed by atoms with Crippen LogP contribution in [0.1, 0.15) is 15.9 Å². The number of halogens is 4. The Morgan fingerprint density at radius 2 is 1.59 bits per heavy atom. The van der Waals surface area contributed by atoms with Crippen molar-refractivity contribution in [1.29, 1.82) is 0 Å². The predicted octanol–water partition coefficient (Wildman–Crippen LogP) is 5.51. The lowest BCUT2D eigenvalue weighted by atomic mass is 9.99. The molecule has 1 amide bonds. The summed E-state index contributed by atoms with van der Waals surface area (Å²) in [5.74, 6) is -2.46. The number of rotatable bonds is 3. The van der Waals surface area contributed by atoms with Crippen LogP contribution in [-0.4, -0.2) is 12.2 Å². The van der Waals surface area contributed by atoms with Gasteiger partial charge in [0, 0.05) is 11.3 Å². The summed E-state index contributed by atoms with van der Waals surface area (Å²) in [4.78, 5) is 12.2. The van der Waals surface area contributed by atoms with E-state index in [2.05, 4.69) is 14.8 Å². The first-order valence-electron chi connectivity index (χ1n) is 8.50. The molecule has 0 aliphatic carbocycles. The standard InChI is InChI=1S/C21H13F4NO3/c1-11-8-18-19(29-21(24,25)28-18)10-15(11)13-7-6-12(9-17(13)23)26-20(27)14-4-2-3-5-16(14)22/h2-10H,1H3,(H,26,27). The van der Waals surface area contributed by atoms with Gasteiger partial charge in [0.25, 0.3) is 5.91 Å². The number of amides is 1. The normalized spacial score (nSPS) is 14.0. The summed E-state index contributed by atoms with van der Waals surface area (Å²) in [6.45, 7) is 1.61. The molecular weight excluding hydrogens is 390 g/mol. The van der Waals surface area contributed by atoms with Crippen LogP contribution in [0.3, 0.4) is 0 Å². The number of alkyl halides is 2. The van der Waals surface area contributed by atoms with Gasteiger partial charge in [0.1, 0.15) is 11.6 Å². The third kappa shape index (κ3) is 3.61. The largest absolute Gasteiger partial charge is 0.586 e. The van der Waals surface area contributed by atoms with Crippen molar-refractivity contribution >= 4 is 11.6 Å². The van der Waals surface area contributed by atoms with E-state index in [-0.39, 0.29) is 28.3 Å². The van der Waals surface area contributed by atoms with Gasteiger partial charge >= 0.3 is 6.29 Å². The number of carbonyl (C=O) groups excluding carboxylic acids is 1. The molecule has 4 nitrogen and oxygen atoms in total. The van der Waals surface area contributed by atoms with Crippen molar-refractivity contribution in [3.63, 3.8) is 0 Å². The molecular formula is C21H13F4NO3. The molecule has 3 aromatic rings. The van der Waals surface area contributed by atoms with Crippen molar-refractivity contribution in [2.75, 3.05) is 5.32 Å². The molecule has 0 spiro atoms. The smallest absolute Gasteiger partial charge is 0.395 e. The Kier molecular flexibility index (Phi) is 4.41. The highest BCUT2D eigenvalue weighted by Gasteiger charge is 2.43. The number of carbonyl (C=O) groups is 1. The highest BCUT2D eigenvalue weighted by atomic mass is 19.3. The number of hydrogen-bond acceptors (Lipinski definition) is 3. The fourth-order valence-corrected chi connectivity index (χ4v) is 3.04. The van der Waals surface area contributed by atoms with Crippen LogP contribution >= 0.6 is 0 Å². The van der Waals surface area contributed by atoms with Crippen LogP contribution in [0.15, 0.2) is 54.6 Å². The molecule has 0 atom stereocenters. The molecule has 3 aromatic carbocycles. The van der Waals surface area contributed by atoms with Crippen molar-refractivity contribution in [3.05, 3.63) is 77.4 Å². The molecule has 0 aromatic heterocycles. The second-order valence-corrected chi connectivity index (χ2v) is 6.41. The minimum Gasteiger partial charge on any atom is -0.395 e. The second-order valence-electron chi connectivity index (χ2n) is 6.41. The highest BCUT2D eigenvalue weighted by Crippen LogP contribution is 2.44. The van der Waals surface area contributed by atoms with Crippen LogP contribution in [-0.2, 0) is 0 Å². The molecule has 1 heterocycles. The van der Waals surface area contributed by atoms with E-state index in [1.54, 1.807) is 6.92 Å². The zero-order valence-corrected chi connectivity index (χ0v) is 14.9. The number of nitrogens with one attached hydrogen (secondary N) is 1. The van der Waals surface area contributed by atoms with Crippen LogP contribution in [0, 0.1) is 18.6 Å². The maximum Gasteiger partial charge on any atom is 0.586 e. The molecule has 29 heavy (non-hydrogen) atoms. The SMILES string of the molecule is Cc1cc2c(cc1-c1ccc(NC(=O)c3ccccc3F)cc1F)OC(F)(F)O2. The maximum absolute atomic E-state index is 14.7. The Bertz CT molecular complexity index is 1130. The first-order valence-corrected chi connectivity index (χ1v) is 8.50. The minimum absolute atomic E-state index is 0.115. The second kappa shape index (κ2) is 6.80. The van der Waals surface area contributed by atoms with Gasteiger partial charge in [-0.2, -0.15) is 0 Å². The van der Waals surface area contributed by atoms with Crippen LogP contribution in [0.4, 0.5) is 23.2 Å². The van der Waals surface area contributed by atoms with Gasteiger partial charge in [0.2, 0.25) is 0 Å². The van der Waals surface area contributed by atoms with Crippen LogP contribution in [0.2, 0.25) is 0 Å². The van der Waals surface area contributed by atoms with E-state index >= 15 is 0 Å². The van der Waals surface area contributed by atoms with Gasteiger partial charge in [-0.05, 0) is 60.5 Å². The average molecular weight is 403 g/mol. The Morgan fingerprint density at radius 1 is 0.897 bits per heavy atom. The number of anilines is 1. The molecule has 0 saturated heterocycles. The Hall–Kier alpha value is -3.55. The van der Waals surface area contributed by atoms with Gasteiger partial charge in [-0.15, -0.1) is 8.78 Å². The monoisotopic (exact) mass is 403 g/mol. The van der Waals surface area contributed by atoms with E-state index < -0.39 is 23.8 Å². The summed E-state index contributed by atoms with van der Waals surface area (Å²) < 4.78 is 63.7. The molecule has 0 fully saturated rings. The number of hydrogen-bond donors (Lipinski definition) is 1.